The maximum atomic E-state index is 4.90. The van der Waals surface area contributed by atoms with Crippen LogP contribution in [-0.4, -0.2) is 128 Å². The molecule has 0 aliphatic rings. The number of fused-ring (bicyclic) bond motifs is 8. The predicted octanol–water partition coefficient (Wildman–Crippen LogP) is 14.1. The molecule has 22 heteroatoms. The topological polar surface area (TPSA) is 178 Å². The summed E-state index contributed by atoms with van der Waals surface area (Å²) in [5.74, 6) is 5.58. The number of nitrogens with zero attached hydrogens (tertiary/aromatic N) is 18. The molecule has 18 nitrogen and oxygen atoms in total. The molecule has 467 valence electrons. The van der Waals surface area contributed by atoms with E-state index in [-0.39, 0.29) is 19.5 Å². The summed E-state index contributed by atoms with van der Waals surface area (Å²) in [6.07, 6.45) is 5.38. The number of hydrogen-bond donors (Lipinski definition) is 0. The van der Waals surface area contributed by atoms with Crippen LogP contribution >= 0.6 is 0 Å². The predicted molar refractivity (Wildman–Crippen MR) is 398 cm³/mol. The first-order valence-electron chi connectivity index (χ1n) is 32.0. The van der Waals surface area contributed by atoms with Crippen molar-refractivity contribution in [2.24, 2.45) is 0 Å². The molecule has 0 saturated heterocycles. The third-order valence-electron chi connectivity index (χ3n) is 17.1. The number of para-hydroxylation sites is 13. The minimum Gasteiger partial charge on any atom is -0.443 e. The van der Waals surface area contributed by atoms with Crippen molar-refractivity contribution in [1.82, 2.24) is 83.7 Å². The second-order valence-electron chi connectivity index (χ2n) is 23.2. The van der Waals surface area contributed by atoms with Gasteiger partial charge in [0, 0.05) is 77.4 Å². The van der Waals surface area contributed by atoms with Gasteiger partial charge in [0.15, 0.2) is 46.1 Å². The molecule has 0 bridgehead atoms. The summed E-state index contributed by atoms with van der Waals surface area (Å²) in [5, 5.41) is 1.21. The van der Waals surface area contributed by atoms with Crippen LogP contribution in [0.1, 0.15) is 0 Å². The molecule has 0 N–H and O–H groups in total. The zero-order valence-corrected chi connectivity index (χ0v) is 61.0. The van der Waals surface area contributed by atoms with E-state index < -0.39 is 0 Å². The van der Waals surface area contributed by atoms with Crippen molar-refractivity contribution in [3.05, 3.63) is 304 Å². The molecule has 0 unspecified atom stereocenters. The van der Waals surface area contributed by atoms with E-state index in [0.717, 1.165) is 135 Å². The maximum absolute atomic E-state index is 4.90. The van der Waals surface area contributed by atoms with Gasteiger partial charge in [0.1, 0.15) is 22.4 Å². The maximum Gasteiger partial charge on any atom is 0.352 e. The molecule has 20 rings (SSSR count). The smallest absolute Gasteiger partial charge is 0.352 e. The summed E-state index contributed by atoms with van der Waals surface area (Å²) in [5.41, 5.74) is 19.5. The van der Waals surface area contributed by atoms with E-state index in [9.17, 15) is 0 Å². The monoisotopic (exact) mass is 1390 g/mol. The number of benzene rings is 9. The van der Waals surface area contributed by atoms with Crippen molar-refractivity contribution < 1.29 is 19.5 Å². The molecule has 0 amide bonds. The van der Waals surface area contributed by atoms with Crippen LogP contribution in [0.5, 0.6) is 0 Å². The molecule has 100 heavy (non-hydrogen) atoms. The van der Waals surface area contributed by atoms with Gasteiger partial charge >= 0.3 is 49.5 Å². The number of imidazole rings is 7. The summed E-state index contributed by atoms with van der Waals surface area (Å²) >= 11 is 5.43. The largest absolute Gasteiger partial charge is 0.443 e. The molecule has 0 aliphatic carbocycles. The Hall–Kier alpha value is -11.5. The molecule has 0 spiro atoms. The summed E-state index contributed by atoms with van der Waals surface area (Å²) in [7, 11) is 0. The summed E-state index contributed by atoms with van der Waals surface area (Å²) in [6.45, 7) is 0. The normalized spacial score (nSPS) is 11.2. The van der Waals surface area contributed by atoms with E-state index in [1.807, 2.05) is 227 Å². The average Bonchev–Trinajstić information content (AvgIpc) is 1.62. The molecule has 11 aromatic heterocycles. The molecule has 11 heterocycles. The number of aromatic nitrogens is 18. The Labute approximate surface area is 609 Å². The van der Waals surface area contributed by atoms with Crippen LogP contribution in [0.4, 0.5) is 0 Å². The summed E-state index contributed by atoms with van der Waals surface area (Å²) in [6, 6.07) is 95.4. The fraction of sp³-hybridized carbons (Fsp3) is 0. The molecule has 0 saturated carbocycles. The van der Waals surface area contributed by atoms with Gasteiger partial charge in [0.25, 0.3) is 0 Å². The van der Waals surface area contributed by atoms with Gasteiger partial charge in [-0.2, -0.15) is 0 Å². The zero-order chi connectivity index (χ0) is 66.3. The Balaban J connectivity index is 0.000000103. The van der Waals surface area contributed by atoms with Crippen LogP contribution in [0.2, 0.25) is 0 Å². The Kier molecular flexibility index (Phi) is 17.3. The SMILES string of the molecule is [AlH][n]1c(-c2nc3ccccc3n2-c2ccccc2)nc2ccccc21.[AlH][n]1c(-c2nc3cccnc3n2-c2ccccc2)cc2ccccc21.[AlH][n]1c(-c2nc3cccnc3n2-c2ccccc2)nc2ccccc21.[Zn].c1ccc(-n2c(-c3nc4ccccc4[n-]3)nc3cccnc32)cc1. The van der Waals surface area contributed by atoms with Crippen molar-refractivity contribution in [1.29, 1.82) is 0 Å². The molecule has 9 aromatic carbocycles. The minimum atomic E-state index is 0. The second kappa shape index (κ2) is 27.4. The average molecular weight is 1390 g/mol. The fourth-order valence-corrected chi connectivity index (χ4v) is 14.1. The first kappa shape index (κ1) is 63.2. The Morgan fingerprint density at radius 2 is 0.600 bits per heavy atom. The van der Waals surface area contributed by atoms with Crippen LogP contribution in [0.25, 0.3) is 158 Å². The minimum absolute atomic E-state index is 0. The van der Waals surface area contributed by atoms with Crippen LogP contribution in [0, 0.1) is 0 Å². The van der Waals surface area contributed by atoms with Gasteiger partial charge in [-0.3, -0.25) is 18.3 Å². The molecule has 0 aliphatic heterocycles. The van der Waals surface area contributed by atoms with Gasteiger partial charge in [0.05, 0.1) is 27.8 Å². The van der Waals surface area contributed by atoms with Crippen molar-refractivity contribution in [3.8, 4) is 69.2 Å². The third-order valence-corrected chi connectivity index (χ3v) is 19.1. The van der Waals surface area contributed by atoms with Gasteiger partial charge < -0.3 is 20.6 Å². The van der Waals surface area contributed by atoms with Gasteiger partial charge in [-0.25, -0.2) is 44.9 Å². The number of hydrogen-bond acceptors (Lipinski definition) is 10. The van der Waals surface area contributed by atoms with Crippen molar-refractivity contribution in [2.75, 3.05) is 0 Å². The van der Waals surface area contributed by atoms with Crippen molar-refractivity contribution in [3.63, 3.8) is 0 Å². The third kappa shape index (κ3) is 11.7. The second-order valence-corrected chi connectivity index (χ2v) is 25.1. The van der Waals surface area contributed by atoms with E-state index in [4.69, 9.17) is 29.9 Å². The Morgan fingerprint density at radius 3 is 1.08 bits per heavy atom. The van der Waals surface area contributed by atoms with Gasteiger partial charge in [0.2, 0.25) is 0 Å². The molecule has 20 aromatic rings. The van der Waals surface area contributed by atoms with Crippen molar-refractivity contribution >= 4 is 138 Å². The summed E-state index contributed by atoms with van der Waals surface area (Å²) in [4.78, 5) is 52.0. The van der Waals surface area contributed by atoms with E-state index in [2.05, 4.69) is 134 Å². The Morgan fingerprint density at radius 1 is 0.260 bits per heavy atom. The molecule has 0 fully saturated rings. The summed E-state index contributed by atoms with van der Waals surface area (Å²) < 4.78 is 14.8. The van der Waals surface area contributed by atoms with Gasteiger partial charge in [-0.05, 0) is 156 Å². The number of rotatable bonds is 8. The van der Waals surface area contributed by atoms with E-state index >= 15 is 0 Å². The van der Waals surface area contributed by atoms with E-state index in [1.165, 1.54) is 10.9 Å². The molecular weight excluding hydrogens is 1340 g/mol. The molecular formula is C78H53Al3N18Zn-. The first-order chi connectivity index (χ1) is 48.9. The van der Waals surface area contributed by atoms with Crippen LogP contribution in [0.3, 0.4) is 0 Å². The Bertz CT molecular complexity index is 5820. The fourth-order valence-electron chi connectivity index (χ4n) is 12.6. The van der Waals surface area contributed by atoms with Crippen LogP contribution in [0.15, 0.2) is 304 Å². The van der Waals surface area contributed by atoms with Crippen molar-refractivity contribution in [2.45, 2.75) is 0 Å². The van der Waals surface area contributed by atoms with E-state index in [0.29, 0.717) is 11.6 Å². The van der Waals surface area contributed by atoms with Crippen LogP contribution in [-0.2, 0) is 19.5 Å². The van der Waals surface area contributed by atoms with E-state index in [1.54, 1.807) is 45.4 Å². The van der Waals surface area contributed by atoms with Gasteiger partial charge in [-0.15, -0.1) is 0 Å². The quantitative estimate of drug-likeness (QED) is 0.132. The zero-order valence-electron chi connectivity index (χ0n) is 53.7. The molecule has 0 atom stereocenters. The first-order valence-corrected chi connectivity index (χ1v) is 33.9. The standard InChI is InChI=1S/2C20H13N4.2C19H12N5.3Al.Zn.3H/c1-2-8-14(9-3-1)24-18-13-7-6-12-17(18)23-20(24)19-21-15-10-4-5-11-16(15)22-19;1-2-8-15(9-3-1)24-19-17(11-6-12-21-19)23-20(24)18-13-14-7-4-5-10-16(14)22-18;2*1-2-7-13(8-3-1)24-18-16(11-6-12-20-18)23-19(24)17-21-14-9-4-5-10-15(14)22-17;;;;;;;/h2*1-13H;2*1-12H;;;;;;;/q4*-1;3*+1;;;;. The van der Waals surface area contributed by atoms with Crippen LogP contribution < -0.4 is 4.98 Å². The number of pyridine rings is 3. The molecule has 3 radical (unpaired) electrons. The van der Waals surface area contributed by atoms with Gasteiger partial charge in [-0.1, -0.05) is 152 Å².